The highest BCUT2D eigenvalue weighted by Crippen LogP contribution is 2.15. The van der Waals surface area contributed by atoms with Crippen LogP contribution in [0.1, 0.15) is 5.56 Å². The van der Waals surface area contributed by atoms with Crippen LogP contribution in [0.25, 0.3) is 0 Å². The minimum atomic E-state index is -0.347. The normalized spacial score (nSPS) is 10.5. The lowest BCUT2D eigenvalue weighted by atomic mass is 10.2. The van der Waals surface area contributed by atoms with Crippen molar-refractivity contribution in [2.24, 2.45) is 16.2 Å². The number of nitrogens with one attached hydrogen (secondary N) is 1. The molecule has 1 aromatic rings. The monoisotopic (exact) mass is 254 g/mol. The summed E-state index contributed by atoms with van der Waals surface area (Å²) >= 11 is 5.76. The number of halogens is 2. The molecule has 0 radical (unpaired) electrons. The van der Waals surface area contributed by atoms with Gasteiger partial charge in [0.15, 0.2) is 0 Å². The molecule has 0 aliphatic heterocycles. The van der Waals surface area contributed by atoms with Gasteiger partial charge in [0.25, 0.3) is 0 Å². The molecule has 4 nitrogen and oxygen atoms in total. The summed E-state index contributed by atoms with van der Waals surface area (Å²) in [5, 5.41) is 9.89. The first-order chi connectivity index (χ1) is 8.04. The third-order valence-electron chi connectivity index (χ3n) is 2.03. The highest BCUT2D eigenvalue weighted by molar-refractivity contribution is 6.30. The zero-order chi connectivity index (χ0) is 12.8. The SMILES string of the molecule is C=C(/N=N\N)C(=C)NCc1cc(Cl)ccc1F. The minimum Gasteiger partial charge on any atom is -0.380 e. The zero-order valence-electron chi connectivity index (χ0n) is 9.08. The van der Waals surface area contributed by atoms with E-state index in [1.54, 1.807) is 0 Å². The summed E-state index contributed by atoms with van der Waals surface area (Å²) in [5.41, 5.74) is 1.13. The molecular formula is C11H12ClFN4. The van der Waals surface area contributed by atoms with E-state index in [0.29, 0.717) is 16.3 Å². The van der Waals surface area contributed by atoms with E-state index in [4.69, 9.17) is 17.4 Å². The Bertz CT molecular complexity index is 471. The van der Waals surface area contributed by atoms with Crippen molar-refractivity contribution < 1.29 is 4.39 Å². The first-order valence-electron chi connectivity index (χ1n) is 4.71. The number of hydrogen-bond donors (Lipinski definition) is 2. The van der Waals surface area contributed by atoms with E-state index in [2.05, 4.69) is 28.8 Å². The average Bonchev–Trinajstić information content (AvgIpc) is 2.30. The summed E-state index contributed by atoms with van der Waals surface area (Å²) in [4.78, 5) is 0. The van der Waals surface area contributed by atoms with Crippen molar-refractivity contribution in [1.29, 1.82) is 0 Å². The van der Waals surface area contributed by atoms with Crippen molar-refractivity contribution in [2.45, 2.75) is 6.54 Å². The summed E-state index contributed by atoms with van der Waals surface area (Å²) in [5.74, 6) is 4.52. The van der Waals surface area contributed by atoms with E-state index in [0.717, 1.165) is 0 Å². The maximum atomic E-state index is 13.4. The quantitative estimate of drug-likeness (QED) is 0.367. The summed E-state index contributed by atoms with van der Waals surface area (Å²) < 4.78 is 13.4. The smallest absolute Gasteiger partial charge is 0.128 e. The third-order valence-corrected chi connectivity index (χ3v) is 2.26. The van der Waals surface area contributed by atoms with Crippen LogP contribution >= 0.6 is 11.6 Å². The van der Waals surface area contributed by atoms with Gasteiger partial charge in [-0.3, -0.25) is 0 Å². The molecule has 90 valence electrons. The Balaban J connectivity index is 2.64. The predicted octanol–water partition coefficient (Wildman–Crippen LogP) is 2.92. The Morgan fingerprint density at radius 3 is 2.82 bits per heavy atom. The van der Waals surface area contributed by atoms with Crippen LogP contribution in [0, 0.1) is 5.82 Å². The molecule has 17 heavy (non-hydrogen) atoms. The minimum absolute atomic E-state index is 0.227. The third kappa shape index (κ3) is 3.88. The van der Waals surface area contributed by atoms with Gasteiger partial charge in [-0.25, -0.2) is 4.39 Å². The van der Waals surface area contributed by atoms with E-state index in [9.17, 15) is 4.39 Å². The van der Waals surface area contributed by atoms with Crippen molar-refractivity contribution in [3.05, 3.63) is 59.2 Å². The Hall–Kier alpha value is -1.88. The van der Waals surface area contributed by atoms with Crippen molar-refractivity contribution in [3.8, 4) is 0 Å². The molecule has 3 N–H and O–H groups in total. The molecule has 0 spiro atoms. The zero-order valence-corrected chi connectivity index (χ0v) is 9.84. The fraction of sp³-hybridized carbons (Fsp3) is 0.0909. The molecule has 0 unspecified atom stereocenters. The first kappa shape index (κ1) is 13.2. The molecule has 0 saturated heterocycles. The molecule has 0 amide bonds. The average molecular weight is 255 g/mol. The Morgan fingerprint density at radius 1 is 1.47 bits per heavy atom. The van der Waals surface area contributed by atoms with Gasteiger partial charge in [-0.05, 0) is 18.2 Å². The largest absolute Gasteiger partial charge is 0.380 e. The maximum Gasteiger partial charge on any atom is 0.128 e. The van der Waals surface area contributed by atoms with Gasteiger partial charge in [0.2, 0.25) is 0 Å². The Labute approximate surface area is 104 Å². The summed E-state index contributed by atoms with van der Waals surface area (Å²) in [7, 11) is 0. The van der Waals surface area contributed by atoms with Crippen LogP contribution in [0.3, 0.4) is 0 Å². The molecule has 0 saturated carbocycles. The first-order valence-corrected chi connectivity index (χ1v) is 5.09. The van der Waals surface area contributed by atoms with Gasteiger partial charge in [0, 0.05) is 17.1 Å². The number of hydrogen-bond acceptors (Lipinski definition) is 3. The Morgan fingerprint density at radius 2 is 2.18 bits per heavy atom. The van der Waals surface area contributed by atoms with E-state index in [1.165, 1.54) is 18.2 Å². The molecular weight excluding hydrogens is 243 g/mol. The van der Waals surface area contributed by atoms with Crippen LogP contribution in [0.4, 0.5) is 4.39 Å². The lowest BCUT2D eigenvalue weighted by Crippen LogP contribution is -2.13. The van der Waals surface area contributed by atoms with E-state index < -0.39 is 0 Å². The second-order valence-electron chi connectivity index (χ2n) is 3.23. The predicted molar refractivity (Wildman–Crippen MR) is 65.6 cm³/mol. The van der Waals surface area contributed by atoms with Gasteiger partial charge in [-0.2, -0.15) is 0 Å². The second-order valence-corrected chi connectivity index (χ2v) is 3.67. The summed E-state index contributed by atoms with van der Waals surface area (Å²) in [6.45, 7) is 7.47. The van der Waals surface area contributed by atoms with E-state index in [-0.39, 0.29) is 18.1 Å². The highest BCUT2D eigenvalue weighted by Gasteiger charge is 2.04. The van der Waals surface area contributed by atoms with Crippen LogP contribution in [-0.2, 0) is 6.54 Å². The highest BCUT2D eigenvalue weighted by atomic mass is 35.5. The van der Waals surface area contributed by atoms with E-state index in [1.807, 2.05) is 0 Å². The van der Waals surface area contributed by atoms with Gasteiger partial charge in [0.05, 0.1) is 5.70 Å². The van der Waals surface area contributed by atoms with Crippen molar-refractivity contribution in [3.63, 3.8) is 0 Å². The lowest BCUT2D eigenvalue weighted by Gasteiger charge is -2.09. The number of nitrogens with two attached hydrogens (primary N) is 1. The van der Waals surface area contributed by atoms with Crippen LogP contribution < -0.4 is 11.2 Å². The fourth-order valence-corrected chi connectivity index (χ4v) is 1.31. The molecule has 0 fully saturated rings. The summed E-state index contributed by atoms with van der Waals surface area (Å²) in [6.07, 6.45) is 0. The molecule has 0 aliphatic rings. The van der Waals surface area contributed by atoms with Gasteiger partial charge < -0.3 is 11.2 Å². The van der Waals surface area contributed by atoms with Gasteiger partial charge >= 0.3 is 0 Å². The fourth-order valence-electron chi connectivity index (χ4n) is 1.11. The standard InChI is InChI=1S/C11H12ClFN4/c1-7(8(2)16-17-14)15-6-9-5-10(12)3-4-11(9)13/h3-5,15H,1-2,6H2,(H2,14,16). The Kier molecular flexibility index (Phi) is 4.66. The number of benzene rings is 1. The molecule has 1 rings (SSSR count). The maximum absolute atomic E-state index is 13.4. The van der Waals surface area contributed by atoms with Crippen LogP contribution in [0.15, 0.2) is 53.1 Å². The van der Waals surface area contributed by atoms with Gasteiger partial charge in [-0.1, -0.05) is 30.0 Å². The van der Waals surface area contributed by atoms with E-state index >= 15 is 0 Å². The molecule has 0 bridgehead atoms. The molecule has 0 aliphatic carbocycles. The number of nitrogens with zero attached hydrogens (tertiary/aromatic N) is 2. The molecule has 0 heterocycles. The van der Waals surface area contributed by atoms with Crippen molar-refractivity contribution in [2.75, 3.05) is 0 Å². The second kappa shape index (κ2) is 6.00. The molecule has 6 heteroatoms. The topological polar surface area (TPSA) is 62.8 Å². The van der Waals surface area contributed by atoms with Crippen LogP contribution in [-0.4, -0.2) is 0 Å². The van der Waals surface area contributed by atoms with Gasteiger partial charge in [-0.15, -0.1) is 5.11 Å². The van der Waals surface area contributed by atoms with Crippen molar-refractivity contribution >= 4 is 11.6 Å². The molecule has 0 atom stereocenters. The van der Waals surface area contributed by atoms with Gasteiger partial charge in [0.1, 0.15) is 11.5 Å². The number of rotatable bonds is 5. The van der Waals surface area contributed by atoms with Crippen LogP contribution in [0.2, 0.25) is 5.02 Å². The van der Waals surface area contributed by atoms with Crippen LogP contribution in [0.5, 0.6) is 0 Å². The summed E-state index contributed by atoms with van der Waals surface area (Å²) in [6, 6.07) is 4.32. The van der Waals surface area contributed by atoms with Crippen molar-refractivity contribution in [1.82, 2.24) is 5.32 Å². The lowest BCUT2D eigenvalue weighted by molar-refractivity contribution is 0.602. The molecule has 1 aromatic carbocycles. The molecule has 0 aromatic heterocycles.